The Hall–Kier alpha value is -0.0700. The van der Waals surface area contributed by atoms with Crippen molar-refractivity contribution in [3.63, 3.8) is 0 Å². The van der Waals surface area contributed by atoms with Crippen LogP contribution >= 0.6 is 0 Å². The SMILES string of the molecule is CC.CCCCC(C)CC(F)CC. The molecule has 0 aliphatic rings. The second-order valence-electron chi connectivity index (χ2n) is 3.49. The lowest BCUT2D eigenvalue weighted by molar-refractivity contribution is 0.260. The predicted octanol–water partition coefficient (Wildman–Crippen LogP) is 4.98. The van der Waals surface area contributed by atoms with Crippen LogP contribution in [0, 0.1) is 5.92 Å². The summed E-state index contributed by atoms with van der Waals surface area (Å²) >= 11 is 0. The average molecular weight is 190 g/mol. The highest BCUT2D eigenvalue weighted by Gasteiger charge is 2.08. The summed E-state index contributed by atoms with van der Waals surface area (Å²) in [4.78, 5) is 0. The van der Waals surface area contributed by atoms with Gasteiger partial charge in [0.05, 0.1) is 0 Å². The van der Waals surface area contributed by atoms with Gasteiger partial charge < -0.3 is 0 Å². The molecular formula is C12H27F. The zero-order valence-corrected chi connectivity index (χ0v) is 10.1. The van der Waals surface area contributed by atoms with E-state index >= 15 is 0 Å². The quantitative estimate of drug-likeness (QED) is 0.554. The molecule has 0 aromatic carbocycles. The molecule has 0 saturated carbocycles. The molecule has 13 heavy (non-hydrogen) atoms. The third kappa shape index (κ3) is 11.9. The second-order valence-corrected chi connectivity index (χ2v) is 3.49. The Labute approximate surface area is 83.9 Å². The zero-order valence-electron chi connectivity index (χ0n) is 10.1. The Morgan fingerprint density at radius 1 is 1.15 bits per heavy atom. The smallest absolute Gasteiger partial charge is 0.100 e. The molecule has 82 valence electrons. The minimum atomic E-state index is -0.568. The summed E-state index contributed by atoms with van der Waals surface area (Å²) in [5.41, 5.74) is 0. The Morgan fingerprint density at radius 2 is 1.69 bits per heavy atom. The first-order valence-corrected chi connectivity index (χ1v) is 5.84. The Kier molecular flexibility index (Phi) is 14.1. The number of hydrogen-bond acceptors (Lipinski definition) is 0. The van der Waals surface area contributed by atoms with E-state index in [1.54, 1.807) is 0 Å². The van der Waals surface area contributed by atoms with Gasteiger partial charge in [0.2, 0.25) is 0 Å². The maximum Gasteiger partial charge on any atom is 0.100 e. The zero-order chi connectivity index (χ0) is 10.7. The summed E-state index contributed by atoms with van der Waals surface area (Å²) in [7, 11) is 0. The van der Waals surface area contributed by atoms with Crippen molar-refractivity contribution >= 4 is 0 Å². The van der Waals surface area contributed by atoms with Crippen molar-refractivity contribution in [3.8, 4) is 0 Å². The normalized spacial score (nSPS) is 14.3. The van der Waals surface area contributed by atoms with Crippen LogP contribution in [-0.2, 0) is 0 Å². The fourth-order valence-corrected chi connectivity index (χ4v) is 1.27. The monoisotopic (exact) mass is 190 g/mol. The summed E-state index contributed by atoms with van der Waals surface area (Å²) in [6.45, 7) is 10.2. The molecule has 1 heteroatoms. The summed E-state index contributed by atoms with van der Waals surface area (Å²) in [6.07, 6.45) is 4.54. The van der Waals surface area contributed by atoms with E-state index in [0.29, 0.717) is 12.3 Å². The van der Waals surface area contributed by atoms with Crippen LogP contribution < -0.4 is 0 Å². The van der Waals surface area contributed by atoms with E-state index in [4.69, 9.17) is 0 Å². The lowest BCUT2D eigenvalue weighted by Crippen LogP contribution is -2.05. The molecule has 0 fully saturated rings. The van der Waals surface area contributed by atoms with Crippen LogP contribution in [0.5, 0.6) is 0 Å². The number of hydrogen-bond donors (Lipinski definition) is 0. The summed E-state index contributed by atoms with van der Waals surface area (Å²) in [5.74, 6) is 0.574. The molecule has 0 amide bonds. The van der Waals surface area contributed by atoms with E-state index in [1.165, 1.54) is 19.3 Å². The third-order valence-corrected chi connectivity index (χ3v) is 2.15. The number of rotatable bonds is 6. The van der Waals surface area contributed by atoms with Gasteiger partial charge in [0.25, 0.3) is 0 Å². The van der Waals surface area contributed by atoms with E-state index < -0.39 is 6.17 Å². The molecule has 0 heterocycles. The highest BCUT2D eigenvalue weighted by molar-refractivity contribution is 4.60. The van der Waals surface area contributed by atoms with Gasteiger partial charge in [-0.3, -0.25) is 0 Å². The van der Waals surface area contributed by atoms with Gasteiger partial charge in [-0.15, -0.1) is 0 Å². The first-order valence-electron chi connectivity index (χ1n) is 5.84. The van der Waals surface area contributed by atoms with Crippen molar-refractivity contribution in [2.45, 2.75) is 72.9 Å². The fraction of sp³-hybridized carbons (Fsp3) is 1.00. The lowest BCUT2D eigenvalue weighted by atomic mass is 9.97. The van der Waals surface area contributed by atoms with Crippen LogP contribution in [0.3, 0.4) is 0 Å². The van der Waals surface area contributed by atoms with E-state index in [1.807, 2.05) is 20.8 Å². The van der Waals surface area contributed by atoms with Gasteiger partial charge in [-0.2, -0.15) is 0 Å². The van der Waals surface area contributed by atoms with Crippen LogP contribution in [0.25, 0.3) is 0 Å². The van der Waals surface area contributed by atoms with Crippen molar-refractivity contribution in [1.29, 1.82) is 0 Å². The molecule has 0 aromatic rings. The van der Waals surface area contributed by atoms with Crippen LogP contribution in [-0.4, -0.2) is 6.17 Å². The maximum absolute atomic E-state index is 12.8. The summed E-state index contributed by atoms with van der Waals surface area (Å²) < 4.78 is 12.8. The molecule has 0 nitrogen and oxygen atoms in total. The molecular weight excluding hydrogens is 163 g/mol. The van der Waals surface area contributed by atoms with Crippen molar-refractivity contribution in [1.82, 2.24) is 0 Å². The Morgan fingerprint density at radius 3 is 2.08 bits per heavy atom. The molecule has 0 aliphatic carbocycles. The molecule has 0 spiro atoms. The van der Waals surface area contributed by atoms with Gasteiger partial charge in [0.15, 0.2) is 0 Å². The first kappa shape index (κ1) is 15.4. The average Bonchev–Trinajstić information content (AvgIpc) is 2.17. The van der Waals surface area contributed by atoms with Gasteiger partial charge >= 0.3 is 0 Å². The fourth-order valence-electron chi connectivity index (χ4n) is 1.27. The lowest BCUT2D eigenvalue weighted by Gasteiger charge is -2.12. The van der Waals surface area contributed by atoms with Gasteiger partial charge in [-0.1, -0.05) is 53.9 Å². The maximum atomic E-state index is 12.8. The largest absolute Gasteiger partial charge is 0.247 e. The molecule has 2 atom stereocenters. The van der Waals surface area contributed by atoms with Crippen LogP contribution in [0.2, 0.25) is 0 Å². The summed E-state index contributed by atoms with van der Waals surface area (Å²) in [6, 6.07) is 0. The van der Waals surface area contributed by atoms with Crippen LogP contribution in [0.15, 0.2) is 0 Å². The molecule has 0 saturated heterocycles. The van der Waals surface area contributed by atoms with E-state index in [2.05, 4.69) is 13.8 Å². The minimum Gasteiger partial charge on any atom is -0.247 e. The van der Waals surface area contributed by atoms with E-state index in [9.17, 15) is 4.39 Å². The highest BCUT2D eigenvalue weighted by atomic mass is 19.1. The minimum absolute atomic E-state index is 0.568. The standard InChI is InChI=1S/C10H21F.C2H6/c1-4-6-7-9(3)8-10(11)5-2;1-2/h9-10H,4-8H2,1-3H3;1-2H3. The Bertz CT molecular complexity index is 81.2. The molecule has 0 radical (unpaired) electrons. The number of unbranched alkanes of at least 4 members (excludes halogenated alkanes) is 1. The van der Waals surface area contributed by atoms with Crippen LogP contribution in [0.4, 0.5) is 4.39 Å². The number of alkyl halides is 1. The van der Waals surface area contributed by atoms with E-state index in [-0.39, 0.29) is 0 Å². The molecule has 0 aromatic heterocycles. The molecule has 0 aliphatic heterocycles. The van der Waals surface area contributed by atoms with Gasteiger partial charge in [0, 0.05) is 0 Å². The third-order valence-electron chi connectivity index (χ3n) is 2.15. The Balaban J connectivity index is 0. The van der Waals surface area contributed by atoms with Gasteiger partial charge in [-0.05, 0) is 18.8 Å². The van der Waals surface area contributed by atoms with E-state index in [0.717, 1.165) is 6.42 Å². The van der Waals surface area contributed by atoms with Crippen molar-refractivity contribution in [2.24, 2.45) is 5.92 Å². The highest BCUT2D eigenvalue weighted by Crippen LogP contribution is 2.17. The van der Waals surface area contributed by atoms with Gasteiger partial charge in [0.1, 0.15) is 6.17 Å². The van der Waals surface area contributed by atoms with Crippen molar-refractivity contribution in [3.05, 3.63) is 0 Å². The molecule has 2 unspecified atom stereocenters. The second kappa shape index (κ2) is 11.9. The summed E-state index contributed by atoms with van der Waals surface area (Å²) in [5, 5.41) is 0. The molecule has 0 rings (SSSR count). The predicted molar refractivity (Wildman–Crippen MR) is 59.8 cm³/mol. The van der Waals surface area contributed by atoms with Gasteiger partial charge in [-0.25, -0.2) is 4.39 Å². The first-order chi connectivity index (χ1) is 6.20. The molecule has 0 bridgehead atoms. The molecule has 0 N–H and O–H groups in total. The number of halogens is 1. The van der Waals surface area contributed by atoms with Crippen molar-refractivity contribution < 1.29 is 4.39 Å². The topological polar surface area (TPSA) is 0 Å². The van der Waals surface area contributed by atoms with Crippen molar-refractivity contribution in [2.75, 3.05) is 0 Å². The van der Waals surface area contributed by atoms with Crippen LogP contribution in [0.1, 0.15) is 66.7 Å².